The van der Waals surface area contributed by atoms with Crippen LogP contribution < -0.4 is 5.32 Å². The Hall–Kier alpha value is -1.60. The predicted molar refractivity (Wildman–Crippen MR) is 86.0 cm³/mol. The van der Waals surface area contributed by atoms with Crippen molar-refractivity contribution in [3.63, 3.8) is 0 Å². The predicted octanol–water partition coefficient (Wildman–Crippen LogP) is 4.53. The number of hydrogen-bond donors (Lipinski definition) is 1. The maximum Gasteiger partial charge on any atom is 0.0208 e. The Morgan fingerprint density at radius 2 is 1.75 bits per heavy atom. The second kappa shape index (κ2) is 5.41. The fourth-order valence-corrected chi connectivity index (χ4v) is 2.73. The van der Waals surface area contributed by atoms with Crippen molar-refractivity contribution in [2.45, 2.75) is 46.2 Å². The van der Waals surface area contributed by atoms with E-state index in [1.165, 1.54) is 46.2 Å². The summed E-state index contributed by atoms with van der Waals surface area (Å²) in [6.07, 6.45) is 2.69. The van der Waals surface area contributed by atoms with Crippen LogP contribution in [0.1, 0.15) is 35.1 Å². The summed E-state index contributed by atoms with van der Waals surface area (Å²) in [5, 5.41) is 3.58. The van der Waals surface area contributed by atoms with E-state index in [2.05, 4.69) is 62.5 Å². The van der Waals surface area contributed by atoms with Crippen LogP contribution in [0.5, 0.6) is 0 Å². The van der Waals surface area contributed by atoms with E-state index in [9.17, 15) is 0 Å². The first-order chi connectivity index (χ1) is 9.65. The quantitative estimate of drug-likeness (QED) is 0.856. The molecule has 0 atom stereocenters. The van der Waals surface area contributed by atoms with Crippen LogP contribution in [0.25, 0.3) is 11.1 Å². The minimum absolute atomic E-state index is 0.772. The largest absolute Gasteiger partial charge is 0.310 e. The van der Waals surface area contributed by atoms with Gasteiger partial charge in [-0.05, 0) is 67.0 Å². The summed E-state index contributed by atoms with van der Waals surface area (Å²) in [4.78, 5) is 0. The van der Waals surface area contributed by atoms with Crippen molar-refractivity contribution in [2.24, 2.45) is 0 Å². The fraction of sp³-hybridized carbons (Fsp3) is 0.368. The monoisotopic (exact) mass is 265 g/mol. The lowest BCUT2D eigenvalue weighted by Gasteiger charge is -2.13. The fourth-order valence-electron chi connectivity index (χ4n) is 2.73. The molecule has 20 heavy (non-hydrogen) atoms. The van der Waals surface area contributed by atoms with E-state index in [0.29, 0.717) is 0 Å². The molecule has 0 aliphatic heterocycles. The number of hydrogen-bond acceptors (Lipinski definition) is 1. The highest BCUT2D eigenvalue weighted by molar-refractivity contribution is 5.71. The van der Waals surface area contributed by atoms with Crippen molar-refractivity contribution in [1.82, 2.24) is 5.32 Å². The highest BCUT2D eigenvalue weighted by Gasteiger charge is 2.20. The molecule has 0 heterocycles. The molecular formula is C19H23N. The SMILES string of the molecule is Cc1cc(CNC2CC2)ccc1-c1cccc(C)c1C. The lowest BCUT2D eigenvalue weighted by Crippen LogP contribution is -2.15. The van der Waals surface area contributed by atoms with Gasteiger partial charge in [-0.15, -0.1) is 0 Å². The standard InChI is InChI=1S/C19H23N/c1-13-5-4-6-19(15(13)3)18-10-7-16(11-14(18)2)12-20-17-8-9-17/h4-7,10-11,17,20H,8-9,12H2,1-3H3. The van der Waals surface area contributed by atoms with Gasteiger partial charge >= 0.3 is 0 Å². The van der Waals surface area contributed by atoms with Crippen molar-refractivity contribution < 1.29 is 0 Å². The van der Waals surface area contributed by atoms with Crippen molar-refractivity contribution >= 4 is 0 Å². The van der Waals surface area contributed by atoms with Crippen LogP contribution in [-0.4, -0.2) is 6.04 Å². The van der Waals surface area contributed by atoms with Crippen LogP contribution in [0, 0.1) is 20.8 Å². The van der Waals surface area contributed by atoms with Gasteiger partial charge in [-0.25, -0.2) is 0 Å². The molecule has 1 aliphatic rings. The molecule has 1 nitrogen and oxygen atoms in total. The van der Waals surface area contributed by atoms with Gasteiger partial charge in [-0.1, -0.05) is 36.4 Å². The molecule has 0 radical (unpaired) electrons. The summed E-state index contributed by atoms with van der Waals surface area (Å²) in [6.45, 7) is 7.62. The lowest BCUT2D eigenvalue weighted by atomic mass is 9.93. The lowest BCUT2D eigenvalue weighted by molar-refractivity contribution is 0.687. The molecule has 104 valence electrons. The van der Waals surface area contributed by atoms with E-state index in [-0.39, 0.29) is 0 Å². The van der Waals surface area contributed by atoms with Gasteiger partial charge in [-0.2, -0.15) is 0 Å². The van der Waals surface area contributed by atoms with Crippen LogP contribution >= 0.6 is 0 Å². The second-order valence-electron chi connectivity index (χ2n) is 6.05. The summed E-state index contributed by atoms with van der Waals surface area (Å²) < 4.78 is 0. The molecule has 3 rings (SSSR count). The molecule has 1 saturated carbocycles. The number of nitrogens with one attached hydrogen (secondary N) is 1. The summed E-state index contributed by atoms with van der Waals surface area (Å²) in [6, 6.07) is 14.2. The third-order valence-electron chi connectivity index (χ3n) is 4.36. The van der Waals surface area contributed by atoms with E-state index in [1.54, 1.807) is 0 Å². The smallest absolute Gasteiger partial charge is 0.0208 e. The first kappa shape index (κ1) is 13.4. The maximum atomic E-state index is 3.58. The number of benzene rings is 2. The minimum Gasteiger partial charge on any atom is -0.310 e. The van der Waals surface area contributed by atoms with Gasteiger partial charge in [0, 0.05) is 12.6 Å². The molecular weight excluding hydrogens is 242 g/mol. The number of aryl methyl sites for hydroxylation is 2. The van der Waals surface area contributed by atoms with E-state index in [4.69, 9.17) is 0 Å². The van der Waals surface area contributed by atoms with Crippen molar-refractivity contribution in [3.05, 3.63) is 58.7 Å². The average molecular weight is 265 g/mol. The Kier molecular flexibility index (Phi) is 3.62. The van der Waals surface area contributed by atoms with Gasteiger partial charge in [0.25, 0.3) is 0 Å². The van der Waals surface area contributed by atoms with Crippen molar-refractivity contribution in [3.8, 4) is 11.1 Å². The first-order valence-electron chi connectivity index (χ1n) is 7.54. The van der Waals surface area contributed by atoms with Gasteiger partial charge in [0.05, 0.1) is 0 Å². The topological polar surface area (TPSA) is 12.0 Å². The van der Waals surface area contributed by atoms with Gasteiger partial charge in [0.2, 0.25) is 0 Å². The molecule has 1 N–H and O–H groups in total. The molecule has 1 aliphatic carbocycles. The molecule has 0 unspecified atom stereocenters. The minimum atomic E-state index is 0.772. The molecule has 2 aromatic rings. The molecule has 2 aromatic carbocycles. The molecule has 1 heteroatoms. The molecule has 0 amide bonds. The van der Waals surface area contributed by atoms with Crippen molar-refractivity contribution in [1.29, 1.82) is 0 Å². The molecule has 0 saturated heterocycles. The second-order valence-corrected chi connectivity index (χ2v) is 6.05. The third-order valence-corrected chi connectivity index (χ3v) is 4.36. The maximum absolute atomic E-state index is 3.58. The van der Waals surface area contributed by atoms with Gasteiger partial charge in [0.15, 0.2) is 0 Å². The summed E-state index contributed by atoms with van der Waals surface area (Å²) in [5.41, 5.74) is 8.24. The molecule has 0 aromatic heterocycles. The number of rotatable bonds is 4. The average Bonchev–Trinajstić information content (AvgIpc) is 3.24. The normalized spacial score (nSPS) is 14.6. The molecule has 0 spiro atoms. The van der Waals surface area contributed by atoms with Crippen molar-refractivity contribution in [2.75, 3.05) is 0 Å². The Morgan fingerprint density at radius 3 is 2.45 bits per heavy atom. The van der Waals surface area contributed by atoms with Crippen LogP contribution in [0.2, 0.25) is 0 Å². The summed E-state index contributed by atoms with van der Waals surface area (Å²) in [5.74, 6) is 0. The highest BCUT2D eigenvalue weighted by Crippen LogP contribution is 2.29. The Balaban J connectivity index is 1.87. The van der Waals surface area contributed by atoms with E-state index in [1.807, 2.05) is 0 Å². The zero-order chi connectivity index (χ0) is 14.1. The first-order valence-corrected chi connectivity index (χ1v) is 7.54. The van der Waals surface area contributed by atoms with Crippen LogP contribution in [0.15, 0.2) is 36.4 Å². The Morgan fingerprint density at radius 1 is 0.950 bits per heavy atom. The zero-order valence-corrected chi connectivity index (χ0v) is 12.7. The highest BCUT2D eigenvalue weighted by atomic mass is 14.9. The Bertz CT molecular complexity index is 624. The van der Waals surface area contributed by atoms with Crippen LogP contribution in [0.3, 0.4) is 0 Å². The van der Waals surface area contributed by atoms with E-state index in [0.717, 1.165) is 12.6 Å². The van der Waals surface area contributed by atoms with Gasteiger partial charge < -0.3 is 5.32 Å². The summed E-state index contributed by atoms with van der Waals surface area (Å²) in [7, 11) is 0. The van der Waals surface area contributed by atoms with Crippen LogP contribution in [0.4, 0.5) is 0 Å². The van der Waals surface area contributed by atoms with Crippen LogP contribution in [-0.2, 0) is 6.54 Å². The molecule has 1 fully saturated rings. The Labute approximate surface area is 122 Å². The third kappa shape index (κ3) is 2.78. The zero-order valence-electron chi connectivity index (χ0n) is 12.7. The molecule has 0 bridgehead atoms. The van der Waals surface area contributed by atoms with Gasteiger partial charge in [0.1, 0.15) is 0 Å². The summed E-state index contributed by atoms with van der Waals surface area (Å²) >= 11 is 0. The van der Waals surface area contributed by atoms with E-state index < -0.39 is 0 Å². The van der Waals surface area contributed by atoms with E-state index >= 15 is 0 Å². The van der Waals surface area contributed by atoms with Gasteiger partial charge in [-0.3, -0.25) is 0 Å².